The Morgan fingerprint density at radius 2 is 1.11 bits per heavy atom. The summed E-state index contributed by atoms with van der Waals surface area (Å²) in [4.78, 5) is 31.3. The van der Waals surface area contributed by atoms with Crippen molar-refractivity contribution in [2.24, 2.45) is 0 Å². The van der Waals surface area contributed by atoms with E-state index in [-0.39, 0.29) is 17.5 Å². The molecule has 0 aliphatic carbocycles. The Labute approximate surface area is 166 Å². The van der Waals surface area contributed by atoms with Gasteiger partial charge in [-0.15, -0.1) is 0 Å². The van der Waals surface area contributed by atoms with Crippen molar-refractivity contribution in [2.75, 3.05) is 0 Å². The third-order valence-electron chi connectivity index (χ3n) is 5.64. The second-order valence-electron chi connectivity index (χ2n) is 7.78. The van der Waals surface area contributed by atoms with Crippen molar-refractivity contribution < 1.29 is 9.59 Å². The first kappa shape index (κ1) is 19.9. The fourth-order valence-electron chi connectivity index (χ4n) is 4.42. The summed E-state index contributed by atoms with van der Waals surface area (Å²) in [5, 5.41) is 0. The van der Waals surface area contributed by atoms with Crippen LogP contribution in [0.1, 0.15) is 85.5 Å². The quantitative estimate of drug-likeness (QED) is 0.580. The topological polar surface area (TPSA) is 65.7 Å². The zero-order valence-corrected chi connectivity index (χ0v) is 17.7. The molecule has 3 rings (SSSR count). The Morgan fingerprint density at radius 1 is 0.714 bits per heavy atom. The highest BCUT2D eigenvalue weighted by Crippen LogP contribution is 2.38. The molecule has 4 heteroatoms. The van der Waals surface area contributed by atoms with Crippen LogP contribution in [0.3, 0.4) is 0 Å². The Hall–Kier alpha value is -2.88. The van der Waals surface area contributed by atoms with Crippen LogP contribution in [0.5, 0.6) is 0 Å². The number of hydrogen-bond acceptors (Lipinski definition) is 2. The minimum atomic E-state index is -0.112. The number of benzene rings is 1. The van der Waals surface area contributed by atoms with E-state index >= 15 is 0 Å². The number of aromatic amines is 2. The Balaban J connectivity index is 2.31. The Bertz CT molecular complexity index is 1000. The Kier molecular flexibility index (Phi) is 5.16. The van der Waals surface area contributed by atoms with Crippen LogP contribution < -0.4 is 0 Å². The molecule has 0 amide bonds. The van der Waals surface area contributed by atoms with E-state index < -0.39 is 0 Å². The van der Waals surface area contributed by atoms with Gasteiger partial charge in [-0.05, 0) is 65.2 Å². The van der Waals surface area contributed by atoms with Crippen molar-refractivity contribution in [1.82, 2.24) is 9.97 Å². The normalized spacial score (nSPS) is 11.3. The molecule has 0 aliphatic rings. The lowest BCUT2D eigenvalue weighted by Crippen LogP contribution is -2.08. The molecule has 2 aromatic heterocycles. The van der Waals surface area contributed by atoms with Crippen LogP contribution in [-0.4, -0.2) is 21.5 Å². The molecular weight excluding hydrogens is 348 g/mol. The van der Waals surface area contributed by atoms with Crippen molar-refractivity contribution in [3.63, 3.8) is 0 Å². The number of rotatable bonds is 5. The van der Waals surface area contributed by atoms with Gasteiger partial charge in [-0.1, -0.05) is 29.8 Å². The number of hydrogen-bond donors (Lipinski definition) is 2. The second-order valence-corrected chi connectivity index (χ2v) is 7.78. The summed E-state index contributed by atoms with van der Waals surface area (Å²) in [5.41, 5.74) is 9.48. The first-order chi connectivity index (χ1) is 13.1. The molecule has 2 N–H and O–H groups in total. The summed E-state index contributed by atoms with van der Waals surface area (Å²) in [6.45, 7) is 13.1. The number of carbonyl (C=O) groups excluding carboxylic acids is 2. The summed E-state index contributed by atoms with van der Waals surface area (Å²) in [7, 11) is 0. The molecule has 0 spiro atoms. The Morgan fingerprint density at radius 3 is 1.43 bits per heavy atom. The fourth-order valence-corrected chi connectivity index (χ4v) is 4.42. The van der Waals surface area contributed by atoms with E-state index in [9.17, 15) is 9.59 Å². The van der Waals surface area contributed by atoms with Crippen molar-refractivity contribution in [2.45, 2.75) is 54.4 Å². The second kappa shape index (κ2) is 7.27. The first-order valence-electron chi connectivity index (χ1n) is 9.60. The number of nitrogens with one attached hydrogen (secondary N) is 2. The lowest BCUT2D eigenvalue weighted by Gasteiger charge is -2.19. The van der Waals surface area contributed by atoms with Gasteiger partial charge in [0.1, 0.15) is 0 Å². The third-order valence-corrected chi connectivity index (χ3v) is 5.64. The van der Waals surface area contributed by atoms with Crippen LogP contribution in [0.25, 0.3) is 0 Å². The molecule has 1 aromatic carbocycles. The highest BCUT2D eigenvalue weighted by atomic mass is 16.1. The molecule has 2 heterocycles. The van der Waals surface area contributed by atoms with Crippen molar-refractivity contribution in [1.29, 1.82) is 0 Å². The third kappa shape index (κ3) is 3.24. The van der Waals surface area contributed by atoms with Crippen LogP contribution in [0.4, 0.5) is 0 Å². The molecule has 0 radical (unpaired) electrons. The van der Waals surface area contributed by atoms with Crippen LogP contribution in [0.2, 0.25) is 0 Å². The first-order valence-corrected chi connectivity index (χ1v) is 9.60. The van der Waals surface area contributed by atoms with Crippen molar-refractivity contribution in [3.8, 4) is 0 Å². The summed E-state index contributed by atoms with van der Waals surface area (Å²) >= 11 is 0. The molecule has 28 heavy (non-hydrogen) atoms. The standard InChI is InChI=1S/C24H28N2O2/c1-12-8-10-19(11-9-12)22(23-13(2)20(17(6)27)15(4)25-23)24-14(3)21(18(7)28)16(5)26-24/h8-11,22,25-26H,1-7H3. The van der Waals surface area contributed by atoms with Gasteiger partial charge in [-0.25, -0.2) is 0 Å². The van der Waals surface area contributed by atoms with E-state index in [1.807, 2.05) is 27.7 Å². The van der Waals surface area contributed by atoms with Crippen molar-refractivity contribution in [3.05, 3.63) is 80.4 Å². The van der Waals surface area contributed by atoms with Gasteiger partial charge in [-0.2, -0.15) is 0 Å². The van der Waals surface area contributed by atoms with E-state index in [1.165, 1.54) is 5.56 Å². The fraction of sp³-hybridized carbons (Fsp3) is 0.333. The molecule has 0 saturated heterocycles. The molecule has 0 atom stereocenters. The number of ketones is 2. The summed E-state index contributed by atoms with van der Waals surface area (Å²) in [5.74, 6) is 0.00661. The zero-order valence-electron chi connectivity index (χ0n) is 17.7. The van der Waals surface area contributed by atoms with Gasteiger partial charge in [0.15, 0.2) is 11.6 Å². The molecule has 4 nitrogen and oxygen atoms in total. The van der Waals surface area contributed by atoms with Gasteiger partial charge in [0.05, 0.1) is 5.92 Å². The van der Waals surface area contributed by atoms with Crippen LogP contribution in [0, 0.1) is 34.6 Å². The number of H-pyrrole nitrogens is 2. The zero-order chi connectivity index (χ0) is 20.7. The van der Waals surface area contributed by atoms with Gasteiger partial charge in [0, 0.05) is 33.9 Å². The number of aryl methyl sites for hydroxylation is 3. The van der Waals surface area contributed by atoms with Crippen LogP contribution in [0.15, 0.2) is 24.3 Å². The molecule has 0 aliphatic heterocycles. The van der Waals surface area contributed by atoms with Gasteiger partial charge < -0.3 is 9.97 Å². The molecule has 0 bridgehead atoms. The minimum Gasteiger partial charge on any atom is -0.361 e. The lowest BCUT2D eigenvalue weighted by atomic mass is 9.87. The van der Waals surface area contributed by atoms with Crippen LogP contribution >= 0.6 is 0 Å². The van der Waals surface area contributed by atoms with E-state index in [1.54, 1.807) is 13.8 Å². The summed E-state index contributed by atoms with van der Waals surface area (Å²) < 4.78 is 0. The lowest BCUT2D eigenvalue weighted by molar-refractivity contribution is 0.100. The molecule has 0 saturated carbocycles. The molecule has 0 unspecified atom stereocenters. The highest BCUT2D eigenvalue weighted by molar-refractivity contribution is 5.98. The predicted octanol–water partition coefficient (Wildman–Crippen LogP) is 5.47. The molecular formula is C24H28N2O2. The van der Waals surface area contributed by atoms with Gasteiger partial charge in [0.25, 0.3) is 0 Å². The van der Waals surface area contributed by atoms with Gasteiger partial charge >= 0.3 is 0 Å². The predicted molar refractivity (Wildman–Crippen MR) is 113 cm³/mol. The maximum Gasteiger partial charge on any atom is 0.161 e. The molecule has 0 fully saturated rings. The van der Waals surface area contributed by atoms with Gasteiger partial charge in [-0.3, -0.25) is 9.59 Å². The van der Waals surface area contributed by atoms with Crippen LogP contribution in [-0.2, 0) is 0 Å². The maximum atomic E-state index is 12.2. The number of Topliss-reactive ketones (excluding diaryl/α,β-unsaturated/α-hetero) is 2. The van der Waals surface area contributed by atoms with Gasteiger partial charge in [0.2, 0.25) is 0 Å². The number of aromatic nitrogens is 2. The maximum absolute atomic E-state index is 12.2. The summed E-state index contributed by atoms with van der Waals surface area (Å²) in [6.07, 6.45) is 0. The van der Waals surface area contributed by atoms with E-state index in [0.29, 0.717) is 0 Å². The van der Waals surface area contributed by atoms with Crippen molar-refractivity contribution >= 4 is 11.6 Å². The van der Waals surface area contributed by atoms with E-state index in [0.717, 1.165) is 50.6 Å². The monoisotopic (exact) mass is 376 g/mol. The largest absolute Gasteiger partial charge is 0.361 e. The van der Waals surface area contributed by atoms with E-state index in [2.05, 4.69) is 41.2 Å². The molecule has 146 valence electrons. The SMILES string of the molecule is CC(=O)c1c(C)[nH]c(C(c2ccc(C)cc2)c2[nH]c(C)c(C(C)=O)c2C)c1C. The van der Waals surface area contributed by atoms with E-state index in [4.69, 9.17) is 0 Å². The average Bonchev–Trinajstić information content (AvgIpc) is 3.05. The summed E-state index contributed by atoms with van der Waals surface area (Å²) in [6, 6.07) is 8.42. The number of carbonyl (C=O) groups is 2. The molecule has 3 aromatic rings. The minimum absolute atomic E-state index is 0.0592. The highest BCUT2D eigenvalue weighted by Gasteiger charge is 2.29. The average molecular weight is 377 g/mol. The smallest absolute Gasteiger partial charge is 0.161 e.